The average Bonchev–Trinajstić information content (AvgIpc) is 2.34. The van der Waals surface area contributed by atoms with Gasteiger partial charge in [-0.05, 0) is 38.8 Å². The van der Waals surface area contributed by atoms with Crippen LogP contribution in [-0.2, 0) is 0 Å². The van der Waals surface area contributed by atoms with Crippen LogP contribution in [0.3, 0.4) is 0 Å². The molecule has 0 heterocycles. The smallest absolute Gasteiger partial charge is 0.00694 e. The summed E-state index contributed by atoms with van der Waals surface area (Å²) < 4.78 is 0. The van der Waals surface area contributed by atoms with Crippen LogP contribution >= 0.6 is 0 Å². The van der Waals surface area contributed by atoms with E-state index < -0.39 is 0 Å². The molecule has 104 valence electrons. The molecule has 0 saturated heterocycles. The molecule has 2 unspecified atom stereocenters. The van der Waals surface area contributed by atoms with E-state index in [0.717, 1.165) is 12.0 Å². The lowest BCUT2D eigenvalue weighted by Gasteiger charge is -2.30. The maximum atomic E-state index is 2.67. The predicted molar refractivity (Wildman–Crippen MR) is 79.5 cm³/mol. The first-order valence-corrected chi connectivity index (χ1v) is 7.93. The summed E-state index contributed by atoms with van der Waals surface area (Å²) in [6.45, 7) is 14.2. The SMILES string of the molecule is CCCCCN(CC)C(C)CC(CC)CCC. The second-order valence-corrected chi connectivity index (χ2v) is 5.48. The van der Waals surface area contributed by atoms with Gasteiger partial charge >= 0.3 is 0 Å². The highest BCUT2D eigenvalue weighted by Gasteiger charge is 2.16. The summed E-state index contributed by atoms with van der Waals surface area (Å²) in [4.78, 5) is 2.67. The number of unbranched alkanes of at least 4 members (excludes halogenated alkanes) is 2. The summed E-state index contributed by atoms with van der Waals surface area (Å²) >= 11 is 0. The van der Waals surface area contributed by atoms with Gasteiger partial charge in [0.05, 0.1) is 0 Å². The van der Waals surface area contributed by atoms with E-state index >= 15 is 0 Å². The summed E-state index contributed by atoms with van der Waals surface area (Å²) in [6.07, 6.45) is 9.59. The van der Waals surface area contributed by atoms with Gasteiger partial charge in [-0.25, -0.2) is 0 Å². The van der Waals surface area contributed by atoms with E-state index in [0.29, 0.717) is 0 Å². The van der Waals surface area contributed by atoms with E-state index in [1.807, 2.05) is 0 Å². The standard InChI is InChI=1S/C16H35N/c1-6-10-11-13-17(9-4)15(5)14-16(8-3)12-7-2/h15-16H,6-14H2,1-5H3. The Labute approximate surface area is 110 Å². The van der Waals surface area contributed by atoms with E-state index in [1.165, 1.54) is 58.0 Å². The molecule has 0 aromatic carbocycles. The molecular formula is C16H35N. The van der Waals surface area contributed by atoms with Crippen molar-refractivity contribution in [2.24, 2.45) is 5.92 Å². The van der Waals surface area contributed by atoms with Gasteiger partial charge in [-0.1, -0.05) is 59.8 Å². The predicted octanol–water partition coefficient (Wildman–Crippen LogP) is 5.10. The first-order valence-electron chi connectivity index (χ1n) is 7.93. The van der Waals surface area contributed by atoms with Crippen LogP contribution in [0.4, 0.5) is 0 Å². The van der Waals surface area contributed by atoms with Gasteiger partial charge in [0.1, 0.15) is 0 Å². The van der Waals surface area contributed by atoms with Crippen molar-refractivity contribution in [2.45, 2.75) is 85.6 Å². The molecule has 0 aliphatic carbocycles. The maximum absolute atomic E-state index is 2.67. The Hall–Kier alpha value is -0.0400. The van der Waals surface area contributed by atoms with Crippen molar-refractivity contribution in [2.75, 3.05) is 13.1 Å². The molecule has 0 amide bonds. The highest BCUT2D eigenvalue weighted by Crippen LogP contribution is 2.20. The Kier molecular flexibility index (Phi) is 11.0. The van der Waals surface area contributed by atoms with Crippen molar-refractivity contribution in [3.63, 3.8) is 0 Å². The Bertz CT molecular complexity index is 156. The molecule has 0 aromatic rings. The highest BCUT2D eigenvalue weighted by atomic mass is 15.1. The Morgan fingerprint density at radius 2 is 1.65 bits per heavy atom. The molecule has 0 aliphatic heterocycles. The third kappa shape index (κ3) is 7.81. The quantitative estimate of drug-likeness (QED) is 0.455. The van der Waals surface area contributed by atoms with Gasteiger partial charge in [0.2, 0.25) is 0 Å². The molecule has 0 saturated carbocycles. The van der Waals surface area contributed by atoms with Crippen LogP contribution in [0.1, 0.15) is 79.6 Å². The zero-order valence-corrected chi connectivity index (χ0v) is 13.0. The molecule has 17 heavy (non-hydrogen) atoms. The van der Waals surface area contributed by atoms with Crippen LogP contribution in [0, 0.1) is 5.92 Å². The van der Waals surface area contributed by atoms with Gasteiger partial charge < -0.3 is 4.90 Å². The van der Waals surface area contributed by atoms with Gasteiger partial charge in [0.15, 0.2) is 0 Å². The lowest BCUT2D eigenvalue weighted by Crippen LogP contribution is -2.35. The Morgan fingerprint density at radius 1 is 0.941 bits per heavy atom. The van der Waals surface area contributed by atoms with Crippen molar-refractivity contribution >= 4 is 0 Å². The molecule has 0 spiro atoms. The van der Waals surface area contributed by atoms with Crippen LogP contribution in [0.25, 0.3) is 0 Å². The van der Waals surface area contributed by atoms with Gasteiger partial charge in [-0.15, -0.1) is 0 Å². The van der Waals surface area contributed by atoms with Crippen molar-refractivity contribution < 1.29 is 0 Å². The van der Waals surface area contributed by atoms with Crippen molar-refractivity contribution in [1.82, 2.24) is 4.90 Å². The average molecular weight is 241 g/mol. The van der Waals surface area contributed by atoms with Gasteiger partial charge in [-0.3, -0.25) is 0 Å². The second-order valence-electron chi connectivity index (χ2n) is 5.48. The summed E-state index contributed by atoms with van der Waals surface area (Å²) in [6, 6.07) is 0.772. The van der Waals surface area contributed by atoms with Gasteiger partial charge in [0.25, 0.3) is 0 Å². The second kappa shape index (κ2) is 11.1. The van der Waals surface area contributed by atoms with E-state index in [9.17, 15) is 0 Å². The fourth-order valence-electron chi connectivity index (χ4n) is 2.78. The molecule has 1 heteroatoms. The number of nitrogens with zero attached hydrogens (tertiary/aromatic N) is 1. The van der Waals surface area contributed by atoms with Crippen LogP contribution in [0.15, 0.2) is 0 Å². The zero-order chi connectivity index (χ0) is 13.1. The Morgan fingerprint density at radius 3 is 2.12 bits per heavy atom. The van der Waals surface area contributed by atoms with Gasteiger partial charge in [-0.2, -0.15) is 0 Å². The van der Waals surface area contributed by atoms with Crippen LogP contribution in [0.2, 0.25) is 0 Å². The summed E-state index contributed by atoms with van der Waals surface area (Å²) in [5, 5.41) is 0. The number of hydrogen-bond donors (Lipinski definition) is 0. The first-order chi connectivity index (χ1) is 8.19. The normalized spacial score (nSPS) is 15.2. The van der Waals surface area contributed by atoms with Crippen molar-refractivity contribution in [1.29, 1.82) is 0 Å². The highest BCUT2D eigenvalue weighted by molar-refractivity contribution is 4.70. The lowest BCUT2D eigenvalue weighted by molar-refractivity contribution is 0.181. The third-order valence-corrected chi connectivity index (χ3v) is 4.03. The molecule has 0 aromatic heterocycles. The summed E-state index contributed by atoms with van der Waals surface area (Å²) in [5.74, 6) is 0.940. The van der Waals surface area contributed by atoms with E-state index in [2.05, 4.69) is 39.5 Å². The van der Waals surface area contributed by atoms with Crippen LogP contribution in [0.5, 0.6) is 0 Å². The van der Waals surface area contributed by atoms with Crippen LogP contribution < -0.4 is 0 Å². The largest absolute Gasteiger partial charge is 0.301 e. The first kappa shape index (κ1) is 17.0. The lowest BCUT2D eigenvalue weighted by atomic mass is 9.93. The van der Waals surface area contributed by atoms with E-state index in [4.69, 9.17) is 0 Å². The Balaban J connectivity index is 3.99. The molecule has 0 bridgehead atoms. The molecule has 0 radical (unpaired) electrons. The topological polar surface area (TPSA) is 3.24 Å². The van der Waals surface area contributed by atoms with Gasteiger partial charge in [0, 0.05) is 6.04 Å². The van der Waals surface area contributed by atoms with E-state index in [-0.39, 0.29) is 0 Å². The third-order valence-electron chi connectivity index (χ3n) is 4.03. The monoisotopic (exact) mass is 241 g/mol. The van der Waals surface area contributed by atoms with Crippen LogP contribution in [-0.4, -0.2) is 24.0 Å². The fourth-order valence-corrected chi connectivity index (χ4v) is 2.78. The van der Waals surface area contributed by atoms with E-state index in [1.54, 1.807) is 0 Å². The minimum atomic E-state index is 0.772. The van der Waals surface area contributed by atoms with Crippen molar-refractivity contribution in [3.05, 3.63) is 0 Å². The number of hydrogen-bond acceptors (Lipinski definition) is 1. The number of rotatable bonds is 11. The fraction of sp³-hybridized carbons (Fsp3) is 1.00. The molecule has 2 atom stereocenters. The minimum absolute atomic E-state index is 0.772. The summed E-state index contributed by atoms with van der Waals surface area (Å²) in [7, 11) is 0. The minimum Gasteiger partial charge on any atom is -0.301 e. The molecule has 0 aliphatic rings. The molecular weight excluding hydrogens is 206 g/mol. The maximum Gasteiger partial charge on any atom is 0.00694 e. The molecule has 0 fully saturated rings. The molecule has 0 N–H and O–H groups in total. The molecule has 1 nitrogen and oxygen atoms in total. The molecule has 0 rings (SSSR count). The zero-order valence-electron chi connectivity index (χ0n) is 13.0. The summed E-state index contributed by atoms with van der Waals surface area (Å²) in [5.41, 5.74) is 0. The van der Waals surface area contributed by atoms with Crippen molar-refractivity contribution in [3.8, 4) is 0 Å².